The molecule has 49 heavy (non-hydrogen) atoms. The Hall–Kier alpha value is -6.65. The highest BCUT2D eigenvalue weighted by Gasteiger charge is 2.18. The molecule has 0 radical (unpaired) electrons. The van der Waals surface area contributed by atoms with Crippen molar-refractivity contribution < 1.29 is 4.42 Å². The fraction of sp³-hybridized carbons (Fsp3) is 0. The standard InChI is InChI=1S/C45H27N3O/c1-3-11-28(12-4-1)38-27-40-39-26-33(22-24-41(39)49-42(40)37-18-10-9-17-36(37)38)45-47-43(30-14-5-2-6-15-30)46-44(48-45)32-21-23-35-31(25-32)20-19-29-13-7-8-16-34(29)35/h1-27H. The second kappa shape index (κ2) is 11.0. The third-order valence-electron chi connectivity index (χ3n) is 9.49. The average molecular weight is 626 g/mol. The number of hydrogen-bond acceptors (Lipinski definition) is 4. The van der Waals surface area contributed by atoms with E-state index in [0.717, 1.165) is 49.4 Å². The molecule has 4 heteroatoms. The summed E-state index contributed by atoms with van der Waals surface area (Å²) in [6.45, 7) is 0. The van der Waals surface area contributed by atoms with Crippen LogP contribution in [0.25, 0.3) is 99.5 Å². The molecule has 0 saturated carbocycles. The zero-order valence-corrected chi connectivity index (χ0v) is 26.3. The topological polar surface area (TPSA) is 51.8 Å². The third-order valence-corrected chi connectivity index (χ3v) is 9.49. The molecule has 0 aliphatic heterocycles. The molecule has 0 atom stereocenters. The van der Waals surface area contributed by atoms with Crippen molar-refractivity contribution in [1.82, 2.24) is 15.0 Å². The highest BCUT2D eigenvalue weighted by Crippen LogP contribution is 2.41. The van der Waals surface area contributed by atoms with Gasteiger partial charge in [0, 0.05) is 32.8 Å². The van der Waals surface area contributed by atoms with E-state index in [2.05, 4.69) is 121 Å². The van der Waals surface area contributed by atoms with Gasteiger partial charge in [-0.05, 0) is 68.4 Å². The minimum Gasteiger partial charge on any atom is -0.455 e. The second-order valence-electron chi connectivity index (χ2n) is 12.4. The highest BCUT2D eigenvalue weighted by molar-refractivity contribution is 6.19. The van der Waals surface area contributed by atoms with Crippen LogP contribution in [0.5, 0.6) is 0 Å². The molecule has 0 amide bonds. The number of fused-ring (bicyclic) bond motifs is 8. The van der Waals surface area contributed by atoms with Gasteiger partial charge in [-0.3, -0.25) is 0 Å². The maximum Gasteiger partial charge on any atom is 0.164 e. The van der Waals surface area contributed by atoms with E-state index < -0.39 is 0 Å². The van der Waals surface area contributed by atoms with Gasteiger partial charge in [0.25, 0.3) is 0 Å². The van der Waals surface area contributed by atoms with Gasteiger partial charge in [0.05, 0.1) is 0 Å². The van der Waals surface area contributed by atoms with Crippen LogP contribution in [-0.4, -0.2) is 15.0 Å². The zero-order valence-electron chi connectivity index (χ0n) is 26.3. The maximum absolute atomic E-state index is 6.55. The summed E-state index contributed by atoms with van der Waals surface area (Å²) in [4.78, 5) is 15.1. The van der Waals surface area contributed by atoms with Crippen LogP contribution in [-0.2, 0) is 0 Å². The van der Waals surface area contributed by atoms with Crippen LogP contribution in [0.4, 0.5) is 0 Å². The van der Waals surface area contributed by atoms with Gasteiger partial charge in [0.15, 0.2) is 17.5 Å². The monoisotopic (exact) mass is 625 g/mol. The lowest BCUT2D eigenvalue weighted by Gasteiger charge is -2.10. The SMILES string of the molecule is c1ccc(-c2nc(-c3ccc4c(ccc5ccccc54)c3)nc(-c3ccc4oc5c6ccccc6c(-c6ccccc6)cc5c4c3)n2)cc1. The van der Waals surface area contributed by atoms with Crippen LogP contribution >= 0.6 is 0 Å². The zero-order chi connectivity index (χ0) is 32.3. The van der Waals surface area contributed by atoms with E-state index in [4.69, 9.17) is 19.4 Å². The van der Waals surface area contributed by atoms with Gasteiger partial charge in [-0.2, -0.15) is 0 Å². The molecule has 8 aromatic carbocycles. The Kier molecular flexibility index (Phi) is 6.15. The first-order chi connectivity index (χ1) is 24.3. The number of nitrogens with zero attached hydrogens (tertiary/aromatic N) is 3. The van der Waals surface area contributed by atoms with Crippen LogP contribution in [0.3, 0.4) is 0 Å². The van der Waals surface area contributed by atoms with Crippen LogP contribution < -0.4 is 0 Å². The lowest BCUT2D eigenvalue weighted by Crippen LogP contribution is -2.00. The van der Waals surface area contributed by atoms with Crippen molar-refractivity contribution in [3.63, 3.8) is 0 Å². The van der Waals surface area contributed by atoms with Gasteiger partial charge in [-0.15, -0.1) is 0 Å². The summed E-state index contributed by atoms with van der Waals surface area (Å²) in [7, 11) is 0. The summed E-state index contributed by atoms with van der Waals surface area (Å²) in [5.74, 6) is 1.88. The Morgan fingerprint density at radius 2 is 0.898 bits per heavy atom. The van der Waals surface area contributed by atoms with Gasteiger partial charge in [0.2, 0.25) is 0 Å². The Bertz CT molecular complexity index is 2880. The summed E-state index contributed by atoms with van der Waals surface area (Å²) >= 11 is 0. The maximum atomic E-state index is 6.55. The molecule has 0 unspecified atom stereocenters. The summed E-state index contributed by atoms with van der Waals surface area (Å²) in [5, 5.41) is 9.16. The van der Waals surface area contributed by atoms with Crippen molar-refractivity contribution in [1.29, 1.82) is 0 Å². The molecule has 0 saturated heterocycles. The number of hydrogen-bond donors (Lipinski definition) is 0. The molecule has 2 heterocycles. The molecule has 0 spiro atoms. The van der Waals surface area contributed by atoms with E-state index in [9.17, 15) is 0 Å². The number of rotatable bonds is 4. The molecular weight excluding hydrogens is 599 g/mol. The largest absolute Gasteiger partial charge is 0.455 e. The van der Waals surface area contributed by atoms with Crippen molar-refractivity contribution in [2.24, 2.45) is 0 Å². The molecule has 2 aromatic heterocycles. The third kappa shape index (κ3) is 4.57. The van der Waals surface area contributed by atoms with E-state index in [1.54, 1.807) is 0 Å². The first-order valence-electron chi connectivity index (χ1n) is 16.4. The minimum absolute atomic E-state index is 0.614. The lowest BCUT2D eigenvalue weighted by molar-refractivity contribution is 0.672. The van der Waals surface area contributed by atoms with Crippen LogP contribution in [0.1, 0.15) is 0 Å². The van der Waals surface area contributed by atoms with Gasteiger partial charge in [-0.1, -0.05) is 133 Å². The molecule has 0 fully saturated rings. The molecule has 10 aromatic rings. The van der Waals surface area contributed by atoms with Crippen LogP contribution in [0.15, 0.2) is 168 Å². The molecule has 0 N–H and O–H groups in total. The predicted molar refractivity (Wildman–Crippen MR) is 201 cm³/mol. The smallest absolute Gasteiger partial charge is 0.164 e. The normalized spacial score (nSPS) is 11.7. The first kappa shape index (κ1) is 27.5. The van der Waals surface area contributed by atoms with Crippen molar-refractivity contribution >= 4 is 54.3 Å². The van der Waals surface area contributed by atoms with Gasteiger partial charge in [0.1, 0.15) is 11.2 Å². The molecule has 0 aliphatic rings. The summed E-state index contributed by atoms with van der Waals surface area (Å²) in [6, 6.07) is 56.9. The van der Waals surface area contributed by atoms with E-state index >= 15 is 0 Å². The van der Waals surface area contributed by atoms with Crippen molar-refractivity contribution in [3.05, 3.63) is 164 Å². The Morgan fingerprint density at radius 1 is 0.327 bits per heavy atom. The van der Waals surface area contributed by atoms with Gasteiger partial charge >= 0.3 is 0 Å². The van der Waals surface area contributed by atoms with Crippen LogP contribution in [0, 0.1) is 0 Å². The highest BCUT2D eigenvalue weighted by atomic mass is 16.3. The van der Waals surface area contributed by atoms with Gasteiger partial charge in [-0.25, -0.2) is 15.0 Å². The van der Waals surface area contributed by atoms with Crippen molar-refractivity contribution in [3.8, 4) is 45.3 Å². The Balaban J connectivity index is 1.18. The van der Waals surface area contributed by atoms with Gasteiger partial charge < -0.3 is 4.42 Å². The lowest BCUT2D eigenvalue weighted by atomic mass is 9.95. The van der Waals surface area contributed by atoms with E-state index in [1.165, 1.54) is 32.7 Å². The quantitative estimate of drug-likeness (QED) is 0.183. The predicted octanol–water partition coefficient (Wildman–Crippen LogP) is 11.9. The van der Waals surface area contributed by atoms with E-state index in [1.807, 2.05) is 42.5 Å². The molecule has 4 nitrogen and oxygen atoms in total. The Morgan fingerprint density at radius 3 is 1.67 bits per heavy atom. The second-order valence-corrected chi connectivity index (χ2v) is 12.4. The summed E-state index contributed by atoms with van der Waals surface area (Å²) in [6.07, 6.45) is 0. The molecule has 0 aliphatic carbocycles. The fourth-order valence-corrected chi connectivity index (χ4v) is 7.10. The molecule has 228 valence electrons. The van der Waals surface area contributed by atoms with Crippen LogP contribution in [0.2, 0.25) is 0 Å². The summed E-state index contributed by atoms with van der Waals surface area (Å²) in [5.41, 5.74) is 6.84. The number of benzene rings is 8. The first-order valence-corrected chi connectivity index (χ1v) is 16.4. The van der Waals surface area contributed by atoms with E-state index in [-0.39, 0.29) is 0 Å². The number of aromatic nitrogens is 3. The van der Waals surface area contributed by atoms with Crippen molar-refractivity contribution in [2.75, 3.05) is 0 Å². The molecule has 10 rings (SSSR count). The molecular formula is C45H27N3O. The average Bonchev–Trinajstić information content (AvgIpc) is 3.56. The Labute approximate surface area is 282 Å². The van der Waals surface area contributed by atoms with E-state index in [0.29, 0.717) is 17.5 Å². The van der Waals surface area contributed by atoms with Crippen molar-refractivity contribution in [2.45, 2.75) is 0 Å². The number of furan rings is 1. The minimum atomic E-state index is 0.614. The fourth-order valence-electron chi connectivity index (χ4n) is 7.10. The molecule has 0 bridgehead atoms. The summed E-state index contributed by atoms with van der Waals surface area (Å²) < 4.78 is 6.55.